The van der Waals surface area contributed by atoms with Gasteiger partial charge >= 0.3 is 0 Å². The van der Waals surface area contributed by atoms with E-state index in [9.17, 15) is 0 Å². The van der Waals surface area contributed by atoms with Crippen molar-refractivity contribution in [3.05, 3.63) is 35.9 Å². The van der Waals surface area contributed by atoms with Gasteiger partial charge in [-0.2, -0.15) is 5.26 Å². The molecule has 13 heavy (non-hydrogen) atoms. The molecule has 2 rings (SSSR count). The monoisotopic (exact) mass is 173 g/mol. The van der Waals surface area contributed by atoms with Crippen molar-refractivity contribution in [3.8, 4) is 6.07 Å². The lowest BCUT2D eigenvalue weighted by Gasteiger charge is -2.12. The van der Waals surface area contributed by atoms with Crippen molar-refractivity contribution in [2.45, 2.75) is 6.04 Å². The lowest BCUT2D eigenvalue weighted by atomic mass is 9.96. The molecule has 0 amide bonds. The van der Waals surface area contributed by atoms with Gasteiger partial charge < -0.3 is 0 Å². The van der Waals surface area contributed by atoms with E-state index in [1.54, 1.807) is 0 Å². The maximum atomic E-state index is 8.87. The number of hydrogen-bond donors (Lipinski definition) is 2. The summed E-state index contributed by atoms with van der Waals surface area (Å²) in [6.45, 7) is 0.718. The Morgan fingerprint density at radius 1 is 1.31 bits per heavy atom. The van der Waals surface area contributed by atoms with Crippen LogP contribution in [0, 0.1) is 17.2 Å². The molecule has 0 spiro atoms. The van der Waals surface area contributed by atoms with Gasteiger partial charge in [-0.25, -0.2) is 5.43 Å². The van der Waals surface area contributed by atoms with E-state index in [0.717, 1.165) is 6.54 Å². The molecule has 1 aliphatic heterocycles. The highest BCUT2D eigenvalue weighted by Crippen LogP contribution is 2.23. The van der Waals surface area contributed by atoms with Crippen molar-refractivity contribution in [1.29, 1.82) is 5.26 Å². The molecule has 0 aromatic heterocycles. The molecule has 3 heteroatoms. The molecule has 1 aromatic carbocycles. The normalized spacial score (nSPS) is 27.0. The Hall–Kier alpha value is -1.37. The van der Waals surface area contributed by atoms with Crippen molar-refractivity contribution in [1.82, 2.24) is 10.9 Å². The summed E-state index contributed by atoms with van der Waals surface area (Å²) < 4.78 is 0. The highest BCUT2D eigenvalue weighted by Gasteiger charge is 2.27. The van der Waals surface area contributed by atoms with Gasteiger partial charge in [-0.3, -0.25) is 5.43 Å². The summed E-state index contributed by atoms with van der Waals surface area (Å²) in [4.78, 5) is 0. The summed E-state index contributed by atoms with van der Waals surface area (Å²) in [7, 11) is 0. The first-order chi connectivity index (χ1) is 6.42. The molecule has 0 radical (unpaired) electrons. The van der Waals surface area contributed by atoms with Gasteiger partial charge in [-0.05, 0) is 5.56 Å². The fourth-order valence-electron chi connectivity index (χ4n) is 1.59. The van der Waals surface area contributed by atoms with E-state index in [-0.39, 0.29) is 12.0 Å². The van der Waals surface area contributed by atoms with Crippen molar-refractivity contribution >= 4 is 0 Å². The molecule has 2 atom stereocenters. The first-order valence-corrected chi connectivity index (χ1v) is 4.35. The SMILES string of the molecule is N#CC1CNNC1c1ccccc1. The Labute approximate surface area is 77.3 Å². The van der Waals surface area contributed by atoms with E-state index in [4.69, 9.17) is 5.26 Å². The van der Waals surface area contributed by atoms with E-state index in [0.29, 0.717) is 0 Å². The number of nitrogens with zero attached hydrogens (tertiary/aromatic N) is 1. The van der Waals surface area contributed by atoms with E-state index < -0.39 is 0 Å². The summed E-state index contributed by atoms with van der Waals surface area (Å²) >= 11 is 0. The van der Waals surface area contributed by atoms with Crippen LogP contribution in [0.1, 0.15) is 11.6 Å². The third-order valence-corrected chi connectivity index (χ3v) is 2.31. The smallest absolute Gasteiger partial charge is 0.0809 e. The number of benzene rings is 1. The minimum Gasteiger partial charge on any atom is -0.256 e. The quantitative estimate of drug-likeness (QED) is 0.665. The third kappa shape index (κ3) is 1.55. The standard InChI is InChI=1S/C10H11N3/c11-6-9-7-12-13-10(9)8-4-2-1-3-5-8/h1-5,9-10,12-13H,7H2. The fourth-order valence-corrected chi connectivity index (χ4v) is 1.59. The van der Waals surface area contributed by atoms with Crippen LogP contribution in [0.2, 0.25) is 0 Å². The number of rotatable bonds is 1. The van der Waals surface area contributed by atoms with Gasteiger partial charge in [-0.15, -0.1) is 0 Å². The van der Waals surface area contributed by atoms with Crippen LogP contribution >= 0.6 is 0 Å². The molecule has 1 saturated heterocycles. The van der Waals surface area contributed by atoms with Gasteiger partial charge in [0.15, 0.2) is 0 Å². The van der Waals surface area contributed by atoms with Crippen molar-refractivity contribution < 1.29 is 0 Å². The van der Waals surface area contributed by atoms with E-state index in [1.165, 1.54) is 5.56 Å². The first kappa shape index (κ1) is 8.24. The Morgan fingerprint density at radius 2 is 2.08 bits per heavy atom. The predicted octanol–water partition coefficient (Wildman–Crippen LogP) is 0.975. The summed E-state index contributed by atoms with van der Waals surface area (Å²) in [6.07, 6.45) is 0. The Kier molecular flexibility index (Phi) is 2.26. The van der Waals surface area contributed by atoms with Crippen LogP contribution in [0.25, 0.3) is 0 Å². The second kappa shape index (κ2) is 3.56. The van der Waals surface area contributed by atoms with Crippen LogP contribution in [0.3, 0.4) is 0 Å². The van der Waals surface area contributed by atoms with Crippen LogP contribution in [0.15, 0.2) is 30.3 Å². The topological polar surface area (TPSA) is 47.9 Å². The van der Waals surface area contributed by atoms with E-state index >= 15 is 0 Å². The molecule has 0 aliphatic carbocycles. The molecular weight excluding hydrogens is 162 g/mol. The Bertz CT molecular complexity index is 315. The highest BCUT2D eigenvalue weighted by molar-refractivity contribution is 5.22. The van der Waals surface area contributed by atoms with Gasteiger partial charge in [0.2, 0.25) is 0 Å². The average Bonchev–Trinajstić information content (AvgIpc) is 2.67. The van der Waals surface area contributed by atoms with Crippen LogP contribution in [0.5, 0.6) is 0 Å². The van der Waals surface area contributed by atoms with Gasteiger partial charge in [0.1, 0.15) is 0 Å². The molecule has 2 N–H and O–H groups in total. The van der Waals surface area contributed by atoms with Crippen LogP contribution < -0.4 is 10.9 Å². The summed E-state index contributed by atoms with van der Waals surface area (Å²) in [6, 6.07) is 12.5. The second-order valence-electron chi connectivity index (χ2n) is 3.15. The van der Waals surface area contributed by atoms with Crippen molar-refractivity contribution in [3.63, 3.8) is 0 Å². The molecule has 1 heterocycles. The molecule has 0 bridgehead atoms. The summed E-state index contributed by atoms with van der Waals surface area (Å²) in [5, 5.41) is 8.87. The summed E-state index contributed by atoms with van der Waals surface area (Å²) in [5.74, 6) is 0.0300. The zero-order valence-electron chi connectivity index (χ0n) is 7.20. The predicted molar refractivity (Wildman–Crippen MR) is 49.4 cm³/mol. The van der Waals surface area contributed by atoms with Crippen molar-refractivity contribution in [2.75, 3.05) is 6.54 Å². The zero-order chi connectivity index (χ0) is 9.10. The maximum absolute atomic E-state index is 8.87. The number of hydrogen-bond acceptors (Lipinski definition) is 3. The van der Waals surface area contributed by atoms with Gasteiger partial charge in [0.25, 0.3) is 0 Å². The number of hydrazine groups is 1. The minimum absolute atomic E-state index is 0.0300. The largest absolute Gasteiger partial charge is 0.256 e. The Morgan fingerprint density at radius 3 is 2.77 bits per heavy atom. The highest BCUT2D eigenvalue weighted by atomic mass is 15.4. The third-order valence-electron chi connectivity index (χ3n) is 2.31. The number of nitriles is 1. The molecule has 2 unspecified atom stereocenters. The lowest BCUT2D eigenvalue weighted by Crippen LogP contribution is -2.24. The maximum Gasteiger partial charge on any atom is 0.0809 e. The molecule has 0 saturated carbocycles. The first-order valence-electron chi connectivity index (χ1n) is 4.35. The Balaban J connectivity index is 2.22. The minimum atomic E-state index is 0.0300. The van der Waals surface area contributed by atoms with E-state index in [2.05, 4.69) is 16.9 Å². The number of nitrogens with one attached hydrogen (secondary N) is 2. The van der Waals surface area contributed by atoms with E-state index in [1.807, 2.05) is 30.3 Å². The second-order valence-corrected chi connectivity index (χ2v) is 3.15. The fraction of sp³-hybridized carbons (Fsp3) is 0.300. The average molecular weight is 173 g/mol. The summed E-state index contributed by atoms with van der Waals surface area (Å²) in [5.41, 5.74) is 7.27. The van der Waals surface area contributed by atoms with Crippen LogP contribution in [-0.4, -0.2) is 6.54 Å². The molecule has 66 valence electrons. The lowest BCUT2D eigenvalue weighted by molar-refractivity contribution is 0.545. The van der Waals surface area contributed by atoms with Crippen LogP contribution in [0.4, 0.5) is 0 Å². The van der Waals surface area contributed by atoms with Gasteiger partial charge in [-0.1, -0.05) is 30.3 Å². The molecule has 1 aromatic rings. The van der Waals surface area contributed by atoms with Crippen molar-refractivity contribution in [2.24, 2.45) is 5.92 Å². The van der Waals surface area contributed by atoms with Crippen LogP contribution in [-0.2, 0) is 0 Å². The van der Waals surface area contributed by atoms with Gasteiger partial charge in [0.05, 0.1) is 18.0 Å². The molecule has 3 nitrogen and oxygen atoms in total. The molecule has 1 aliphatic rings. The zero-order valence-corrected chi connectivity index (χ0v) is 7.20. The molecule has 1 fully saturated rings. The molecular formula is C10H11N3. The van der Waals surface area contributed by atoms with Gasteiger partial charge in [0, 0.05) is 6.54 Å².